The number of esters is 1. The minimum absolute atomic E-state index is 0.152. The molecular formula is C22H30F3NO3. The SMILES string of the molecule is CCOC(=O)C1(C)CCCCC1NC(=O)CC(CCc1ccccc1)C(F)(F)F. The molecule has 0 heterocycles. The topological polar surface area (TPSA) is 55.4 Å². The van der Waals surface area contributed by atoms with Crippen molar-refractivity contribution in [2.75, 3.05) is 6.61 Å². The number of carbonyl (C=O) groups is 2. The van der Waals surface area contributed by atoms with Crippen LogP contribution in [-0.2, 0) is 20.7 Å². The van der Waals surface area contributed by atoms with E-state index in [9.17, 15) is 22.8 Å². The number of hydrogen-bond acceptors (Lipinski definition) is 3. The highest BCUT2D eigenvalue weighted by Gasteiger charge is 2.46. The molecule has 1 aromatic rings. The third kappa shape index (κ3) is 6.47. The number of rotatable bonds is 8. The Hall–Kier alpha value is -2.05. The van der Waals surface area contributed by atoms with E-state index in [4.69, 9.17) is 4.74 Å². The second-order valence-corrected chi connectivity index (χ2v) is 7.97. The molecule has 0 spiro atoms. The number of amides is 1. The van der Waals surface area contributed by atoms with Crippen LogP contribution in [0.3, 0.4) is 0 Å². The van der Waals surface area contributed by atoms with Gasteiger partial charge in [-0.25, -0.2) is 0 Å². The van der Waals surface area contributed by atoms with Gasteiger partial charge in [0.05, 0.1) is 17.9 Å². The van der Waals surface area contributed by atoms with E-state index in [0.29, 0.717) is 12.8 Å². The van der Waals surface area contributed by atoms with Gasteiger partial charge in [-0.2, -0.15) is 13.2 Å². The Kier molecular flexibility index (Phi) is 8.11. The lowest BCUT2D eigenvalue weighted by Crippen LogP contribution is -2.53. The molecule has 2 rings (SSSR count). The molecule has 7 heteroatoms. The van der Waals surface area contributed by atoms with E-state index in [2.05, 4.69) is 5.32 Å². The number of halogens is 3. The zero-order valence-electron chi connectivity index (χ0n) is 17.1. The highest BCUT2D eigenvalue weighted by Crippen LogP contribution is 2.38. The average Bonchev–Trinajstić information content (AvgIpc) is 2.67. The predicted octanol–water partition coefficient (Wildman–Crippen LogP) is 4.82. The maximum Gasteiger partial charge on any atom is 0.392 e. The molecule has 162 valence electrons. The lowest BCUT2D eigenvalue weighted by atomic mass is 9.71. The van der Waals surface area contributed by atoms with Crippen LogP contribution in [0.25, 0.3) is 0 Å². The number of hydrogen-bond donors (Lipinski definition) is 1. The Labute approximate surface area is 170 Å². The van der Waals surface area contributed by atoms with Gasteiger partial charge < -0.3 is 10.1 Å². The maximum atomic E-state index is 13.5. The first-order valence-electron chi connectivity index (χ1n) is 10.2. The standard InChI is InChI=1S/C22H30F3NO3/c1-3-29-20(28)21(2)14-8-7-11-18(21)26-19(27)15-17(22(23,24)25)13-12-16-9-5-4-6-10-16/h4-6,9-10,17-18H,3,7-8,11-15H2,1-2H3,(H,26,27). The van der Waals surface area contributed by atoms with Crippen molar-refractivity contribution in [2.45, 2.75) is 71.0 Å². The van der Waals surface area contributed by atoms with Crippen molar-refractivity contribution < 1.29 is 27.5 Å². The van der Waals surface area contributed by atoms with E-state index in [1.165, 1.54) is 0 Å². The van der Waals surface area contributed by atoms with Gasteiger partial charge >= 0.3 is 12.1 Å². The molecule has 0 saturated heterocycles. The van der Waals surface area contributed by atoms with Gasteiger partial charge in [0.2, 0.25) is 5.91 Å². The molecule has 0 aliphatic heterocycles. The van der Waals surface area contributed by atoms with Gasteiger partial charge in [0.15, 0.2) is 0 Å². The molecule has 29 heavy (non-hydrogen) atoms. The lowest BCUT2D eigenvalue weighted by Gasteiger charge is -2.39. The molecule has 3 atom stereocenters. The Morgan fingerprint density at radius 3 is 2.55 bits per heavy atom. The van der Waals surface area contributed by atoms with Crippen molar-refractivity contribution in [3.63, 3.8) is 0 Å². The van der Waals surface area contributed by atoms with E-state index >= 15 is 0 Å². The Morgan fingerprint density at radius 1 is 1.24 bits per heavy atom. The normalized spacial score (nSPS) is 23.3. The summed E-state index contributed by atoms with van der Waals surface area (Å²) in [6, 6.07) is 8.42. The van der Waals surface area contributed by atoms with Crippen LogP contribution in [-0.4, -0.2) is 30.7 Å². The molecule has 4 nitrogen and oxygen atoms in total. The summed E-state index contributed by atoms with van der Waals surface area (Å²) in [6.45, 7) is 3.66. The maximum absolute atomic E-state index is 13.5. The summed E-state index contributed by atoms with van der Waals surface area (Å²) < 4.78 is 45.6. The molecule has 1 aliphatic rings. The molecule has 1 fully saturated rings. The summed E-state index contributed by atoms with van der Waals surface area (Å²) in [5, 5.41) is 2.71. The Balaban J connectivity index is 2.01. The molecule has 1 N–H and O–H groups in total. The summed E-state index contributed by atoms with van der Waals surface area (Å²) in [5.74, 6) is -2.79. The number of ether oxygens (including phenoxy) is 1. The van der Waals surface area contributed by atoms with E-state index in [0.717, 1.165) is 18.4 Å². The second kappa shape index (κ2) is 10.1. The third-order valence-corrected chi connectivity index (χ3v) is 5.80. The van der Waals surface area contributed by atoms with Crippen molar-refractivity contribution in [3.8, 4) is 0 Å². The van der Waals surface area contributed by atoms with Crippen LogP contribution < -0.4 is 5.32 Å². The summed E-state index contributed by atoms with van der Waals surface area (Å²) in [7, 11) is 0. The van der Waals surface area contributed by atoms with Crippen molar-refractivity contribution in [1.29, 1.82) is 0 Å². The molecule has 1 amide bonds. The minimum Gasteiger partial charge on any atom is -0.466 e. The zero-order valence-corrected chi connectivity index (χ0v) is 17.1. The van der Waals surface area contributed by atoms with Gasteiger partial charge in [-0.3, -0.25) is 9.59 Å². The fourth-order valence-electron chi connectivity index (χ4n) is 3.95. The summed E-state index contributed by atoms with van der Waals surface area (Å²) in [4.78, 5) is 24.9. The van der Waals surface area contributed by atoms with Gasteiger partial charge in [-0.15, -0.1) is 0 Å². The predicted molar refractivity (Wildman–Crippen MR) is 104 cm³/mol. The van der Waals surface area contributed by atoms with Crippen LogP contribution in [0.2, 0.25) is 0 Å². The van der Waals surface area contributed by atoms with Crippen LogP contribution in [0.5, 0.6) is 0 Å². The van der Waals surface area contributed by atoms with Gasteiger partial charge in [-0.1, -0.05) is 43.2 Å². The van der Waals surface area contributed by atoms with Gasteiger partial charge in [0.25, 0.3) is 0 Å². The number of carbonyl (C=O) groups excluding carboxylic acids is 2. The minimum atomic E-state index is -4.46. The number of nitrogens with one attached hydrogen (secondary N) is 1. The van der Waals surface area contributed by atoms with Crippen LogP contribution in [0.15, 0.2) is 30.3 Å². The van der Waals surface area contributed by atoms with E-state index in [1.807, 2.05) is 6.07 Å². The molecule has 0 radical (unpaired) electrons. The highest BCUT2D eigenvalue weighted by molar-refractivity contribution is 5.81. The van der Waals surface area contributed by atoms with Crippen LogP contribution in [0.1, 0.15) is 57.9 Å². The fourth-order valence-corrected chi connectivity index (χ4v) is 3.95. The molecule has 0 aromatic heterocycles. The third-order valence-electron chi connectivity index (χ3n) is 5.80. The van der Waals surface area contributed by atoms with Gasteiger partial charge in [-0.05, 0) is 45.1 Å². The molecule has 3 unspecified atom stereocenters. The molecule has 0 bridgehead atoms. The first kappa shape index (κ1) is 23.2. The number of benzene rings is 1. The average molecular weight is 413 g/mol. The molecule has 1 saturated carbocycles. The number of aryl methyl sites for hydroxylation is 1. The summed E-state index contributed by atoms with van der Waals surface area (Å²) in [5.41, 5.74) is -0.0915. The Morgan fingerprint density at radius 2 is 1.93 bits per heavy atom. The van der Waals surface area contributed by atoms with Crippen molar-refractivity contribution in [1.82, 2.24) is 5.32 Å². The largest absolute Gasteiger partial charge is 0.466 e. The number of alkyl halides is 3. The van der Waals surface area contributed by atoms with E-state index in [1.54, 1.807) is 38.1 Å². The van der Waals surface area contributed by atoms with Gasteiger partial charge in [0.1, 0.15) is 0 Å². The fraction of sp³-hybridized carbons (Fsp3) is 0.636. The summed E-state index contributed by atoms with van der Waals surface area (Å²) >= 11 is 0. The first-order valence-corrected chi connectivity index (χ1v) is 10.2. The van der Waals surface area contributed by atoms with Crippen LogP contribution in [0, 0.1) is 11.3 Å². The monoisotopic (exact) mass is 413 g/mol. The Bertz CT molecular complexity index is 678. The smallest absolute Gasteiger partial charge is 0.392 e. The van der Waals surface area contributed by atoms with Gasteiger partial charge in [0, 0.05) is 12.5 Å². The van der Waals surface area contributed by atoms with E-state index < -0.39 is 41.8 Å². The van der Waals surface area contributed by atoms with E-state index in [-0.39, 0.29) is 19.4 Å². The lowest BCUT2D eigenvalue weighted by molar-refractivity contribution is -0.181. The molecule has 1 aliphatic carbocycles. The quantitative estimate of drug-likeness (QED) is 0.622. The van der Waals surface area contributed by atoms with Crippen LogP contribution >= 0.6 is 0 Å². The summed E-state index contributed by atoms with van der Waals surface area (Å²) in [6.07, 6.45) is -2.24. The second-order valence-electron chi connectivity index (χ2n) is 7.97. The van der Waals surface area contributed by atoms with Crippen molar-refractivity contribution in [2.24, 2.45) is 11.3 Å². The van der Waals surface area contributed by atoms with Crippen LogP contribution in [0.4, 0.5) is 13.2 Å². The molecule has 1 aromatic carbocycles. The first-order chi connectivity index (χ1) is 13.7. The zero-order chi connectivity index (χ0) is 21.5. The highest BCUT2D eigenvalue weighted by atomic mass is 19.4. The van der Waals surface area contributed by atoms with Crippen molar-refractivity contribution in [3.05, 3.63) is 35.9 Å². The molecular weight excluding hydrogens is 383 g/mol. The van der Waals surface area contributed by atoms with Crippen molar-refractivity contribution >= 4 is 11.9 Å².